The SMILES string of the molecule is CCCCCCO.COc1cc(C2CN(C(C)C)CCN2)ccc1Cn1ncc2nc(N)nc(N)c21. The highest BCUT2D eigenvalue weighted by Gasteiger charge is 2.23. The van der Waals surface area contributed by atoms with Crippen LogP contribution in [0.3, 0.4) is 0 Å². The molecule has 6 N–H and O–H groups in total. The molecule has 10 heteroatoms. The summed E-state index contributed by atoms with van der Waals surface area (Å²) in [5.41, 5.74) is 15.3. The van der Waals surface area contributed by atoms with Crippen molar-refractivity contribution >= 4 is 22.8 Å². The minimum atomic E-state index is 0.145. The lowest BCUT2D eigenvalue weighted by Gasteiger charge is -2.36. The molecule has 0 radical (unpaired) electrons. The van der Waals surface area contributed by atoms with Gasteiger partial charge in [-0.1, -0.05) is 38.3 Å². The molecule has 0 amide bonds. The van der Waals surface area contributed by atoms with Gasteiger partial charge in [-0.15, -0.1) is 0 Å². The van der Waals surface area contributed by atoms with Crippen molar-refractivity contribution in [3.8, 4) is 5.75 Å². The first-order valence-electron chi connectivity index (χ1n) is 12.9. The number of nitrogen functional groups attached to an aromatic ring is 2. The van der Waals surface area contributed by atoms with Crippen LogP contribution in [-0.4, -0.2) is 69.1 Å². The molecule has 0 saturated carbocycles. The van der Waals surface area contributed by atoms with Gasteiger partial charge >= 0.3 is 0 Å². The number of methoxy groups -OCH3 is 1. The second-order valence-electron chi connectivity index (χ2n) is 9.45. The van der Waals surface area contributed by atoms with Gasteiger partial charge in [-0.2, -0.15) is 10.1 Å². The number of hydrogen-bond donors (Lipinski definition) is 4. The Morgan fingerprint density at radius 1 is 1.19 bits per heavy atom. The summed E-state index contributed by atoms with van der Waals surface area (Å²) in [7, 11) is 1.69. The first-order chi connectivity index (χ1) is 17.4. The fourth-order valence-corrected chi connectivity index (χ4v) is 4.44. The van der Waals surface area contributed by atoms with Gasteiger partial charge < -0.3 is 26.6 Å². The molecule has 2 aromatic heterocycles. The van der Waals surface area contributed by atoms with Gasteiger partial charge in [-0.3, -0.25) is 9.58 Å². The number of aliphatic hydroxyl groups is 1. The molecule has 1 fully saturated rings. The van der Waals surface area contributed by atoms with Crippen molar-refractivity contribution in [1.29, 1.82) is 0 Å². The number of nitrogens with zero attached hydrogens (tertiary/aromatic N) is 5. The van der Waals surface area contributed by atoms with Gasteiger partial charge in [0.25, 0.3) is 0 Å². The predicted octanol–water partition coefficient (Wildman–Crippen LogP) is 2.96. The lowest BCUT2D eigenvalue weighted by atomic mass is 10.0. The molecule has 1 aliphatic heterocycles. The number of piperazine rings is 1. The molecule has 1 unspecified atom stereocenters. The van der Waals surface area contributed by atoms with Crippen molar-refractivity contribution in [3.63, 3.8) is 0 Å². The topological polar surface area (TPSA) is 140 Å². The average Bonchev–Trinajstić information content (AvgIpc) is 3.27. The second-order valence-corrected chi connectivity index (χ2v) is 9.45. The lowest BCUT2D eigenvalue weighted by Crippen LogP contribution is -2.48. The molecule has 36 heavy (non-hydrogen) atoms. The summed E-state index contributed by atoms with van der Waals surface area (Å²) in [4.78, 5) is 10.7. The van der Waals surface area contributed by atoms with Crippen LogP contribution in [0.5, 0.6) is 5.75 Å². The van der Waals surface area contributed by atoms with Crippen molar-refractivity contribution in [2.24, 2.45) is 0 Å². The van der Waals surface area contributed by atoms with E-state index in [9.17, 15) is 0 Å². The number of aromatic nitrogens is 4. The highest BCUT2D eigenvalue weighted by molar-refractivity contribution is 5.85. The van der Waals surface area contributed by atoms with E-state index in [1.807, 2.05) is 0 Å². The van der Waals surface area contributed by atoms with Crippen LogP contribution in [0.1, 0.15) is 63.6 Å². The maximum absolute atomic E-state index is 8.29. The van der Waals surface area contributed by atoms with E-state index in [4.69, 9.17) is 21.3 Å². The van der Waals surface area contributed by atoms with Gasteiger partial charge in [-0.25, -0.2) is 4.98 Å². The number of nitrogens with one attached hydrogen (secondary N) is 1. The van der Waals surface area contributed by atoms with Crippen LogP contribution in [0.25, 0.3) is 11.0 Å². The summed E-state index contributed by atoms with van der Waals surface area (Å²) in [6.45, 7) is 10.5. The van der Waals surface area contributed by atoms with Gasteiger partial charge in [0.2, 0.25) is 5.95 Å². The zero-order valence-electron chi connectivity index (χ0n) is 22.1. The maximum atomic E-state index is 8.29. The lowest BCUT2D eigenvalue weighted by molar-refractivity contribution is 0.162. The van der Waals surface area contributed by atoms with Crippen molar-refractivity contribution in [2.75, 3.05) is 44.8 Å². The van der Waals surface area contributed by atoms with Crippen LogP contribution in [0, 0.1) is 0 Å². The first kappa shape index (κ1) is 27.6. The van der Waals surface area contributed by atoms with Crippen LogP contribution in [0.4, 0.5) is 11.8 Å². The number of benzene rings is 1. The molecule has 1 aliphatic rings. The number of unbranched alkanes of at least 4 members (excludes halogenated alkanes) is 3. The highest BCUT2D eigenvalue weighted by atomic mass is 16.5. The summed E-state index contributed by atoms with van der Waals surface area (Å²) >= 11 is 0. The van der Waals surface area contributed by atoms with Crippen molar-refractivity contribution in [3.05, 3.63) is 35.5 Å². The van der Waals surface area contributed by atoms with E-state index in [2.05, 4.69) is 64.3 Å². The van der Waals surface area contributed by atoms with Gasteiger partial charge in [-0.05, 0) is 31.9 Å². The van der Waals surface area contributed by atoms with Crippen molar-refractivity contribution < 1.29 is 9.84 Å². The highest BCUT2D eigenvalue weighted by Crippen LogP contribution is 2.28. The minimum absolute atomic E-state index is 0.145. The number of fused-ring (bicyclic) bond motifs is 1. The summed E-state index contributed by atoms with van der Waals surface area (Å²) in [5, 5.41) is 16.3. The predicted molar refractivity (Wildman–Crippen MR) is 145 cm³/mol. The van der Waals surface area contributed by atoms with Gasteiger partial charge in [0, 0.05) is 43.9 Å². The van der Waals surface area contributed by atoms with Crippen LogP contribution in [-0.2, 0) is 6.54 Å². The zero-order valence-corrected chi connectivity index (χ0v) is 22.1. The zero-order chi connectivity index (χ0) is 26.1. The summed E-state index contributed by atoms with van der Waals surface area (Å²) < 4.78 is 7.48. The third-order valence-corrected chi connectivity index (χ3v) is 6.52. The Kier molecular flexibility index (Phi) is 10.3. The molecular formula is C26H42N8O2. The molecule has 1 saturated heterocycles. The monoisotopic (exact) mass is 498 g/mol. The Morgan fingerprint density at radius 3 is 2.69 bits per heavy atom. The number of rotatable bonds is 9. The number of ether oxygens (including phenoxy) is 1. The molecule has 198 valence electrons. The Morgan fingerprint density at radius 2 is 2.00 bits per heavy atom. The van der Waals surface area contributed by atoms with E-state index in [0.29, 0.717) is 36.0 Å². The number of aliphatic hydroxyl groups excluding tert-OH is 1. The van der Waals surface area contributed by atoms with Crippen LogP contribution in [0.2, 0.25) is 0 Å². The maximum Gasteiger partial charge on any atom is 0.222 e. The molecule has 0 spiro atoms. The quantitative estimate of drug-likeness (QED) is 0.328. The fraction of sp³-hybridized carbons (Fsp3) is 0.577. The molecule has 1 atom stereocenters. The number of anilines is 2. The van der Waals surface area contributed by atoms with Gasteiger partial charge in [0.05, 0.1) is 19.9 Å². The Hall–Kier alpha value is -2.95. The summed E-state index contributed by atoms with van der Waals surface area (Å²) in [6, 6.07) is 7.18. The Bertz CT molecular complexity index is 1100. The van der Waals surface area contributed by atoms with E-state index < -0.39 is 0 Å². The van der Waals surface area contributed by atoms with Crippen molar-refractivity contribution in [1.82, 2.24) is 30.0 Å². The van der Waals surface area contributed by atoms with Gasteiger partial charge in [0.15, 0.2) is 5.82 Å². The Balaban J connectivity index is 0.000000454. The molecule has 3 aromatic rings. The van der Waals surface area contributed by atoms with E-state index in [0.717, 1.165) is 37.4 Å². The van der Waals surface area contributed by atoms with Gasteiger partial charge in [0.1, 0.15) is 16.8 Å². The minimum Gasteiger partial charge on any atom is -0.496 e. The van der Waals surface area contributed by atoms with E-state index in [1.54, 1.807) is 18.0 Å². The molecule has 0 bridgehead atoms. The third-order valence-electron chi connectivity index (χ3n) is 6.52. The van der Waals surface area contributed by atoms with E-state index in [1.165, 1.54) is 24.8 Å². The summed E-state index contributed by atoms with van der Waals surface area (Å²) in [6.07, 6.45) is 6.33. The van der Waals surface area contributed by atoms with Crippen LogP contribution in [0.15, 0.2) is 24.4 Å². The van der Waals surface area contributed by atoms with E-state index in [-0.39, 0.29) is 12.0 Å². The fourth-order valence-electron chi connectivity index (χ4n) is 4.44. The standard InChI is InChI=1S/C20H28N8O.C6H14O/c1-12(2)27-7-6-23-16(11-27)13-4-5-14(17(8-13)29-3)10-28-18-15(9-24-28)25-20(22)26-19(18)21;1-2-3-4-5-6-7/h4-5,8-9,12,16,23H,6-7,10-11H2,1-3H3,(H4,21,22,25,26);7H,2-6H2,1H3. The molecule has 3 heterocycles. The number of hydrogen-bond acceptors (Lipinski definition) is 9. The molecule has 10 nitrogen and oxygen atoms in total. The van der Waals surface area contributed by atoms with E-state index >= 15 is 0 Å². The molecule has 1 aromatic carbocycles. The third kappa shape index (κ3) is 7.05. The molecule has 4 rings (SSSR count). The normalized spacial score (nSPS) is 16.2. The first-order valence-corrected chi connectivity index (χ1v) is 12.9. The van der Waals surface area contributed by atoms with Crippen LogP contribution < -0.4 is 21.5 Å². The summed E-state index contributed by atoms with van der Waals surface area (Å²) in [5.74, 6) is 1.29. The second kappa shape index (κ2) is 13.4. The average molecular weight is 499 g/mol. The molecule has 0 aliphatic carbocycles. The Labute approximate surface area is 214 Å². The largest absolute Gasteiger partial charge is 0.496 e. The van der Waals surface area contributed by atoms with Crippen LogP contribution >= 0.6 is 0 Å². The van der Waals surface area contributed by atoms with Crippen molar-refractivity contribution in [2.45, 2.75) is 65.1 Å². The number of nitrogens with two attached hydrogens (primary N) is 2. The smallest absolute Gasteiger partial charge is 0.222 e. The molecular weight excluding hydrogens is 456 g/mol.